The molecule has 1 nitrogen and oxygen atoms in total. The molecule has 0 N–H and O–H groups in total. The van der Waals surface area contributed by atoms with Crippen molar-refractivity contribution in [1.29, 1.82) is 0 Å². The van der Waals surface area contributed by atoms with Crippen LogP contribution in [0, 0.1) is 0 Å². The third-order valence-corrected chi connectivity index (χ3v) is 40.8. The minimum atomic E-state index is -2.55. The summed E-state index contributed by atoms with van der Waals surface area (Å²) in [6, 6.07) is 0. The predicted octanol–water partition coefficient (Wildman–Crippen LogP) is 7.35. The Kier molecular flexibility index (Phi) is 6.13. The van der Waals surface area contributed by atoms with Crippen LogP contribution in [0.4, 0.5) is 0 Å². The summed E-state index contributed by atoms with van der Waals surface area (Å²) in [5.41, 5.74) is 0. The second-order valence-electron chi connectivity index (χ2n) is 11.2. The fourth-order valence-corrected chi connectivity index (χ4v) is 39.2. The first kappa shape index (κ1) is 22.0. The molecule has 21 heavy (non-hydrogen) atoms. The second kappa shape index (κ2) is 5.84. The summed E-state index contributed by atoms with van der Waals surface area (Å²) in [7, 11) is 0. The summed E-state index contributed by atoms with van der Waals surface area (Å²) in [5.74, 6) is 5.06. The maximum absolute atomic E-state index is 7.46. The SMILES string of the molecule is C[C](C)(C)[Ge]([CH3])([O][Ge]([CH3])([C](C)(C)C)[C](C)(C)C)[C](C)(C)C. The molecule has 0 aromatic carbocycles. The van der Waals surface area contributed by atoms with Crippen LogP contribution in [0.25, 0.3) is 0 Å². The molecule has 0 spiro atoms. The molecule has 0 saturated carbocycles. The topological polar surface area (TPSA) is 9.23 Å². The zero-order chi connectivity index (χ0) is 17.7. The Morgan fingerprint density at radius 1 is 0.429 bits per heavy atom. The van der Waals surface area contributed by atoms with Crippen molar-refractivity contribution in [3.63, 3.8) is 0 Å². The minimum absolute atomic E-state index is 0.293. The van der Waals surface area contributed by atoms with Crippen molar-refractivity contribution < 1.29 is 2.79 Å². The van der Waals surface area contributed by atoms with Gasteiger partial charge in [-0.05, 0) is 0 Å². The zero-order valence-corrected chi connectivity index (χ0v) is 21.6. The maximum atomic E-state index is 7.46. The van der Waals surface area contributed by atoms with Crippen LogP contribution in [-0.4, -0.2) is 27.2 Å². The summed E-state index contributed by atoms with van der Waals surface area (Å²) in [5, 5.41) is 0. The Morgan fingerprint density at radius 3 is 0.667 bits per heavy atom. The standard InChI is InChI=1S/C18H42Ge2O/c1-15(2,3)19(13,16(4,5)6)21-20(14,17(7,8)9)18(10,11)12/h1-14H3. The molecule has 0 radical (unpaired) electrons. The van der Waals surface area contributed by atoms with Gasteiger partial charge in [0.05, 0.1) is 0 Å². The van der Waals surface area contributed by atoms with Crippen LogP contribution in [0.1, 0.15) is 83.1 Å². The third-order valence-electron chi connectivity index (χ3n) is 6.13. The van der Waals surface area contributed by atoms with E-state index in [0.29, 0.717) is 17.0 Å². The van der Waals surface area contributed by atoms with Crippen molar-refractivity contribution in [3.8, 4) is 0 Å². The molecule has 0 rings (SSSR count). The Hall–Kier alpha value is 1.05. The van der Waals surface area contributed by atoms with E-state index in [0.717, 1.165) is 0 Å². The Bertz CT molecular complexity index is 295. The van der Waals surface area contributed by atoms with Gasteiger partial charge in [-0.1, -0.05) is 0 Å². The molecule has 0 saturated heterocycles. The average Bonchev–Trinajstić information content (AvgIpc) is 2.09. The molecule has 0 aliphatic carbocycles. The zero-order valence-electron chi connectivity index (χ0n) is 17.4. The van der Waals surface area contributed by atoms with E-state index in [-0.39, 0.29) is 0 Å². The normalized spacial score (nSPS) is 16.3. The molecule has 0 unspecified atom stereocenters. The second-order valence-corrected chi connectivity index (χ2v) is 35.1. The summed E-state index contributed by atoms with van der Waals surface area (Å²) < 4.78 is 8.63. The molecule has 0 aromatic rings. The Balaban J connectivity index is 6.15. The molecular weight excluding hydrogens is 377 g/mol. The molecule has 0 fully saturated rings. The first-order valence-electron chi connectivity index (χ1n) is 8.41. The van der Waals surface area contributed by atoms with E-state index in [2.05, 4.69) is 94.6 Å². The van der Waals surface area contributed by atoms with Gasteiger partial charge in [0.15, 0.2) is 0 Å². The van der Waals surface area contributed by atoms with Gasteiger partial charge in [-0.3, -0.25) is 0 Å². The van der Waals surface area contributed by atoms with Gasteiger partial charge >= 0.3 is 142 Å². The van der Waals surface area contributed by atoms with E-state index in [4.69, 9.17) is 2.79 Å². The van der Waals surface area contributed by atoms with Crippen LogP contribution < -0.4 is 0 Å². The van der Waals surface area contributed by atoms with E-state index in [9.17, 15) is 0 Å². The van der Waals surface area contributed by atoms with Gasteiger partial charge in [-0.25, -0.2) is 0 Å². The van der Waals surface area contributed by atoms with E-state index < -0.39 is 27.2 Å². The van der Waals surface area contributed by atoms with Crippen molar-refractivity contribution in [2.75, 3.05) is 0 Å². The van der Waals surface area contributed by atoms with E-state index in [1.54, 1.807) is 0 Å². The van der Waals surface area contributed by atoms with Crippen LogP contribution in [0.2, 0.25) is 28.5 Å². The van der Waals surface area contributed by atoms with Crippen LogP contribution in [-0.2, 0) is 2.79 Å². The number of hydrogen-bond acceptors (Lipinski definition) is 1. The van der Waals surface area contributed by atoms with Crippen LogP contribution in [0.15, 0.2) is 0 Å². The molecule has 128 valence electrons. The molecule has 0 bridgehead atoms. The molecular formula is C18H42Ge2O. The molecule has 0 atom stereocenters. The summed E-state index contributed by atoms with van der Waals surface area (Å²) >= 11 is -5.10. The first-order chi connectivity index (χ1) is 8.71. The first-order valence-corrected chi connectivity index (χ1v) is 18.5. The van der Waals surface area contributed by atoms with Gasteiger partial charge in [-0.15, -0.1) is 0 Å². The van der Waals surface area contributed by atoms with Gasteiger partial charge in [0.2, 0.25) is 0 Å². The summed E-state index contributed by atoms with van der Waals surface area (Å²) in [6.45, 7) is 28.9. The molecule has 0 aliphatic heterocycles. The number of hydrogen-bond donors (Lipinski definition) is 0. The van der Waals surface area contributed by atoms with Crippen LogP contribution in [0.3, 0.4) is 0 Å². The predicted molar refractivity (Wildman–Crippen MR) is 103 cm³/mol. The number of rotatable bonds is 2. The van der Waals surface area contributed by atoms with Gasteiger partial charge in [0, 0.05) is 0 Å². The average molecular weight is 420 g/mol. The van der Waals surface area contributed by atoms with Crippen molar-refractivity contribution in [3.05, 3.63) is 0 Å². The van der Waals surface area contributed by atoms with Crippen molar-refractivity contribution in [2.45, 2.75) is 112 Å². The molecule has 0 heterocycles. The van der Waals surface area contributed by atoms with E-state index >= 15 is 0 Å². The summed E-state index contributed by atoms with van der Waals surface area (Å²) in [6.07, 6.45) is 0. The third kappa shape index (κ3) is 4.12. The quantitative estimate of drug-likeness (QED) is 0.425. The fraction of sp³-hybridized carbons (Fsp3) is 1.00. The Labute approximate surface area is 141 Å². The van der Waals surface area contributed by atoms with Gasteiger partial charge in [0.25, 0.3) is 0 Å². The van der Waals surface area contributed by atoms with E-state index in [1.165, 1.54) is 0 Å². The van der Waals surface area contributed by atoms with Crippen LogP contribution in [0.5, 0.6) is 0 Å². The molecule has 3 heteroatoms. The van der Waals surface area contributed by atoms with Crippen molar-refractivity contribution in [1.82, 2.24) is 0 Å². The van der Waals surface area contributed by atoms with Crippen molar-refractivity contribution >= 4 is 27.2 Å². The van der Waals surface area contributed by atoms with Gasteiger partial charge in [-0.2, -0.15) is 0 Å². The molecule has 0 aliphatic rings. The van der Waals surface area contributed by atoms with Crippen LogP contribution >= 0.6 is 0 Å². The van der Waals surface area contributed by atoms with Gasteiger partial charge in [0.1, 0.15) is 0 Å². The van der Waals surface area contributed by atoms with E-state index in [1.807, 2.05) is 0 Å². The molecule has 0 amide bonds. The van der Waals surface area contributed by atoms with Crippen molar-refractivity contribution in [2.24, 2.45) is 0 Å². The van der Waals surface area contributed by atoms with Gasteiger partial charge < -0.3 is 0 Å². The summed E-state index contributed by atoms with van der Waals surface area (Å²) in [4.78, 5) is 0. The monoisotopic (exact) mass is 422 g/mol. The Morgan fingerprint density at radius 2 is 0.571 bits per heavy atom. The molecule has 0 aromatic heterocycles. The fourth-order valence-electron chi connectivity index (χ4n) is 3.27.